The minimum absolute atomic E-state index is 0.651. The first kappa shape index (κ1) is 16.4. The molecule has 2 aromatic carbocycles. The van der Waals surface area contributed by atoms with Crippen molar-refractivity contribution in [3.63, 3.8) is 0 Å². The molecule has 3 rings (SSSR count). The number of nitrogens with zero attached hydrogens (tertiary/aromatic N) is 2. The Labute approximate surface area is 146 Å². The smallest absolute Gasteiger partial charge is 0.129 e. The highest BCUT2D eigenvalue weighted by molar-refractivity contribution is 7.98. The van der Waals surface area contributed by atoms with Gasteiger partial charge in [-0.05, 0) is 30.7 Å². The predicted molar refractivity (Wildman–Crippen MR) is 97.7 cm³/mol. The molecule has 1 heterocycles. The van der Waals surface area contributed by atoms with Crippen LogP contribution in [-0.2, 0) is 5.75 Å². The Morgan fingerprint density at radius 2 is 2.17 bits per heavy atom. The summed E-state index contributed by atoms with van der Waals surface area (Å²) < 4.78 is 5.42. The molecule has 0 aliphatic carbocycles. The summed E-state index contributed by atoms with van der Waals surface area (Å²) in [6, 6.07) is 16.0. The molecule has 4 nitrogen and oxygen atoms in total. The lowest BCUT2D eigenvalue weighted by Gasteiger charge is -2.17. The van der Waals surface area contributed by atoms with Crippen molar-refractivity contribution < 1.29 is 4.74 Å². The molecule has 0 fully saturated rings. The van der Waals surface area contributed by atoms with Crippen LogP contribution in [0.5, 0.6) is 5.75 Å². The molecule has 0 aromatic heterocycles. The van der Waals surface area contributed by atoms with Crippen LogP contribution >= 0.6 is 11.8 Å². The van der Waals surface area contributed by atoms with Gasteiger partial charge in [0.2, 0.25) is 0 Å². The first-order valence-corrected chi connectivity index (χ1v) is 8.88. The van der Waals surface area contributed by atoms with E-state index in [0.717, 1.165) is 48.0 Å². The SMILES string of the molecule is COc1ccc(C#N)cc1CSc1ccccc1C1=NCCCN1. The number of nitriles is 1. The first-order valence-electron chi connectivity index (χ1n) is 7.89. The Balaban J connectivity index is 1.83. The molecule has 0 bridgehead atoms. The van der Waals surface area contributed by atoms with E-state index in [-0.39, 0.29) is 0 Å². The lowest BCUT2D eigenvalue weighted by molar-refractivity contribution is 0.411. The third kappa shape index (κ3) is 3.72. The molecule has 0 unspecified atom stereocenters. The summed E-state index contributed by atoms with van der Waals surface area (Å²) in [6.07, 6.45) is 1.08. The van der Waals surface area contributed by atoms with Gasteiger partial charge < -0.3 is 10.1 Å². The Bertz CT molecular complexity index is 795. The number of nitrogens with one attached hydrogen (secondary N) is 1. The molecule has 0 atom stereocenters. The first-order chi connectivity index (χ1) is 11.8. The van der Waals surface area contributed by atoms with E-state index in [0.29, 0.717) is 5.56 Å². The summed E-state index contributed by atoms with van der Waals surface area (Å²) in [5.74, 6) is 2.53. The van der Waals surface area contributed by atoms with Crippen LogP contribution in [0.2, 0.25) is 0 Å². The van der Waals surface area contributed by atoms with Crippen LogP contribution in [0.3, 0.4) is 0 Å². The highest BCUT2D eigenvalue weighted by atomic mass is 32.2. The molecule has 2 aromatic rings. The highest BCUT2D eigenvalue weighted by Gasteiger charge is 2.13. The van der Waals surface area contributed by atoms with Crippen molar-refractivity contribution in [2.45, 2.75) is 17.1 Å². The maximum Gasteiger partial charge on any atom is 0.129 e. The molecule has 1 aliphatic rings. The topological polar surface area (TPSA) is 57.4 Å². The average Bonchev–Trinajstić information content (AvgIpc) is 2.67. The van der Waals surface area contributed by atoms with Crippen molar-refractivity contribution in [1.29, 1.82) is 5.26 Å². The van der Waals surface area contributed by atoms with E-state index in [1.807, 2.05) is 24.3 Å². The second-order valence-electron chi connectivity index (χ2n) is 5.43. The van der Waals surface area contributed by atoms with Gasteiger partial charge >= 0.3 is 0 Å². The van der Waals surface area contributed by atoms with Crippen LogP contribution < -0.4 is 10.1 Å². The summed E-state index contributed by atoms with van der Waals surface area (Å²) in [4.78, 5) is 5.78. The Morgan fingerprint density at radius 1 is 1.29 bits per heavy atom. The van der Waals surface area contributed by atoms with Crippen LogP contribution in [0.15, 0.2) is 52.4 Å². The largest absolute Gasteiger partial charge is 0.496 e. The zero-order chi connectivity index (χ0) is 16.8. The molecule has 0 amide bonds. The number of methoxy groups -OCH3 is 1. The van der Waals surface area contributed by atoms with E-state index < -0.39 is 0 Å². The van der Waals surface area contributed by atoms with Crippen molar-refractivity contribution in [3.8, 4) is 11.8 Å². The Morgan fingerprint density at radius 3 is 2.92 bits per heavy atom. The molecule has 0 spiro atoms. The highest BCUT2D eigenvalue weighted by Crippen LogP contribution is 2.31. The third-order valence-electron chi connectivity index (χ3n) is 3.83. The van der Waals surface area contributed by atoms with Crippen LogP contribution in [-0.4, -0.2) is 26.0 Å². The van der Waals surface area contributed by atoms with E-state index in [1.54, 1.807) is 24.9 Å². The lowest BCUT2D eigenvalue weighted by atomic mass is 10.1. The van der Waals surface area contributed by atoms with E-state index in [1.165, 1.54) is 4.90 Å². The predicted octanol–water partition coefficient (Wildman–Crippen LogP) is 3.60. The Hall–Kier alpha value is -2.45. The molecule has 5 heteroatoms. The maximum atomic E-state index is 9.10. The van der Waals surface area contributed by atoms with Crippen LogP contribution in [0.4, 0.5) is 0 Å². The number of benzene rings is 2. The van der Waals surface area contributed by atoms with Crippen molar-refractivity contribution in [1.82, 2.24) is 5.32 Å². The minimum Gasteiger partial charge on any atom is -0.496 e. The summed E-state index contributed by atoms with van der Waals surface area (Å²) in [5, 5.41) is 12.5. The van der Waals surface area contributed by atoms with Crippen LogP contribution in [0, 0.1) is 11.3 Å². The summed E-state index contributed by atoms with van der Waals surface area (Å²) in [7, 11) is 1.66. The minimum atomic E-state index is 0.651. The Kier molecular flexibility index (Phi) is 5.39. The van der Waals surface area contributed by atoms with E-state index in [2.05, 4.69) is 28.5 Å². The number of aliphatic imine (C=N–C) groups is 1. The normalized spacial score (nSPS) is 13.6. The van der Waals surface area contributed by atoms with Gasteiger partial charge in [-0.2, -0.15) is 5.26 Å². The van der Waals surface area contributed by atoms with Crippen molar-refractivity contribution in [2.24, 2.45) is 4.99 Å². The van der Waals surface area contributed by atoms with Gasteiger partial charge in [0.05, 0.1) is 18.7 Å². The molecule has 1 aliphatic heterocycles. The second kappa shape index (κ2) is 7.89. The number of amidine groups is 1. The fourth-order valence-electron chi connectivity index (χ4n) is 2.62. The van der Waals surface area contributed by atoms with E-state index in [4.69, 9.17) is 10.00 Å². The number of hydrogen-bond acceptors (Lipinski definition) is 5. The standard InChI is InChI=1S/C19H19N3OS/c1-23-17-8-7-14(12-20)11-15(17)13-24-18-6-3-2-5-16(18)19-21-9-4-10-22-19/h2-3,5-8,11H,4,9-10,13H2,1H3,(H,21,22). The number of thioether (sulfide) groups is 1. The lowest BCUT2D eigenvalue weighted by Crippen LogP contribution is -2.30. The summed E-state index contributed by atoms with van der Waals surface area (Å²) in [6.45, 7) is 1.84. The second-order valence-corrected chi connectivity index (χ2v) is 6.45. The zero-order valence-corrected chi connectivity index (χ0v) is 14.4. The molecule has 0 radical (unpaired) electrons. The van der Waals surface area contributed by atoms with Gasteiger partial charge in [-0.25, -0.2) is 0 Å². The molecule has 0 saturated carbocycles. The molecule has 122 valence electrons. The molecule has 24 heavy (non-hydrogen) atoms. The number of rotatable bonds is 5. The van der Waals surface area contributed by atoms with Crippen LogP contribution in [0.1, 0.15) is 23.1 Å². The number of ether oxygens (including phenoxy) is 1. The van der Waals surface area contributed by atoms with Gasteiger partial charge in [0, 0.05) is 34.9 Å². The quantitative estimate of drug-likeness (QED) is 0.847. The summed E-state index contributed by atoms with van der Waals surface area (Å²) in [5.41, 5.74) is 2.81. The van der Waals surface area contributed by atoms with Gasteiger partial charge in [0.1, 0.15) is 11.6 Å². The van der Waals surface area contributed by atoms with Crippen LogP contribution in [0.25, 0.3) is 0 Å². The maximum absolute atomic E-state index is 9.10. The summed E-state index contributed by atoms with van der Waals surface area (Å²) >= 11 is 1.73. The molecule has 1 N–H and O–H groups in total. The average molecular weight is 337 g/mol. The van der Waals surface area contributed by atoms with Gasteiger partial charge in [0.25, 0.3) is 0 Å². The van der Waals surface area contributed by atoms with Crippen molar-refractivity contribution in [2.75, 3.05) is 20.2 Å². The van der Waals surface area contributed by atoms with E-state index >= 15 is 0 Å². The fourth-order valence-corrected chi connectivity index (χ4v) is 3.65. The third-order valence-corrected chi connectivity index (χ3v) is 4.95. The van der Waals surface area contributed by atoms with E-state index in [9.17, 15) is 0 Å². The van der Waals surface area contributed by atoms with Gasteiger partial charge in [-0.1, -0.05) is 18.2 Å². The molecular weight excluding hydrogens is 318 g/mol. The fraction of sp³-hybridized carbons (Fsp3) is 0.263. The molecular formula is C19H19N3OS. The van der Waals surface area contributed by atoms with Crippen molar-refractivity contribution in [3.05, 3.63) is 59.2 Å². The number of hydrogen-bond donors (Lipinski definition) is 1. The van der Waals surface area contributed by atoms with Crippen molar-refractivity contribution >= 4 is 17.6 Å². The van der Waals surface area contributed by atoms with Gasteiger partial charge in [0.15, 0.2) is 0 Å². The van der Waals surface area contributed by atoms with Gasteiger partial charge in [-0.15, -0.1) is 11.8 Å². The van der Waals surface area contributed by atoms with Gasteiger partial charge in [-0.3, -0.25) is 4.99 Å². The zero-order valence-electron chi connectivity index (χ0n) is 13.6. The monoisotopic (exact) mass is 337 g/mol. The molecule has 0 saturated heterocycles.